The van der Waals surface area contributed by atoms with Crippen molar-refractivity contribution in [2.24, 2.45) is 0 Å². The predicted octanol–water partition coefficient (Wildman–Crippen LogP) is 3.28. The van der Waals surface area contributed by atoms with Crippen molar-refractivity contribution >= 4 is 5.57 Å². The van der Waals surface area contributed by atoms with E-state index in [2.05, 4.69) is 18.7 Å². The van der Waals surface area contributed by atoms with Crippen LogP contribution in [0.3, 0.4) is 0 Å². The lowest BCUT2D eigenvalue weighted by molar-refractivity contribution is 1.62. The molecule has 56 valence electrons. The Kier molecular flexibility index (Phi) is 2.67. The van der Waals surface area contributed by atoms with Crippen molar-refractivity contribution < 1.29 is 0 Å². The van der Waals surface area contributed by atoms with E-state index in [1.807, 2.05) is 37.3 Å². The number of benzene rings is 1. The molecule has 0 heterocycles. The van der Waals surface area contributed by atoms with E-state index in [0.29, 0.717) is 0 Å². The van der Waals surface area contributed by atoms with Gasteiger partial charge in [0.15, 0.2) is 0 Å². The fourth-order valence-electron chi connectivity index (χ4n) is 0.950. The van der Waals surface area contributed by atoms with Crippen LogP contribution in [0.4, 0.5) is 0 Å². The third-order valence-corrected chi connectivity index (χ3v) is 1.51. The first-order chi connectivity index (χ1) is 5.34. The lowest BCUT2D eigenvalue weighted by Gasteiger charge is -1.97. The topological polar surface area (TPSA) is 0 Å². The quantitative estimate of drug-likeness (QED) is 0.559. The van der Waals surface area contributed by atoms with Gasteiger partial charge in [0.05, 0.1) is 0 Å². The van der Waals surface area contributed by atoms with Gasteiger partial charge in [0.1, 0.15) is 0 Å². The van der Waals surface area contributed by atoms with Gasteiger partial charge in [0.2, 0.25) is 0 Å². The zero-order valence-corrected chi connectivity index (χ0v) is 6.75. The summed E-state index contributed by atoms with van der Waals surface area (Å²) in [6, 6.07) is 10.2. The molecule has 0 saturated carbocycles. The molecule has 0 radical (unpaired) electrons. The molecule has 1 aromatic rings. The number of allylic oxidation sites excluding steroid dienone is 3. The van der Waals surface area contributed by atoms with Crippen LogP contribution in [0.1, 0.15) is 12.5 Å². The highest BCUT2D eigenvalue weighted by molar-refractivity contribution is 5.71. The van der Waals surface area contributed by atoms with Crippen LogP contribution in [-0.2, 0) is 0 Å². The monoisotopic (exact) mass is 144 g/mol. The normalized spacial score (nSPS) is 10.3. The lowest BCUT2D eigenvalue weighted by atomic mass is 10.1. The molecule has 0 aromatic heterocycles. The van der Waals surface area contributed by atoms with E-state index in [9.17, 15) is 0 Å². The molecule has 0 aliphatic heterocycles. The maximum atomic E-state index is 3.93. The van der Waals surface area contributed by atoms with Crippen molar-refractivity contribution in [1.29, 1.82) is 0 Å². The molecule has 0 aliphatic rings. The van der Waals surface area contributed by atoms with Crippen LogP contribution >= 0.6 is 0 Å². The molecule has 0 amide bonds. The lowest BCUT2D eigenvalue weighted by Crippen LogP contribution is -1.75. The molecular formula is C11H12. The summed E-state index contributed by atoms with van der Waals surface area (Å²) in [5, 5.41) is 0. The summed E-state index contributed by atoms with van der Waals surface area (Å²) in [7, 11) is 0. The second kappa shape index (κ2) is 3.77. The first kappa shape index (κ1) is 7.80. The molecule has 0 aliphatic carbocycles. The van der Waals surface area contributed by atoms with Crippen LogP contribution < -0.4 is 0 Å². The highest BCUT2D eigenvalue weighted by atomic mass is 13.9. The Hall–Kier alpha value is -1.30. The van der Waals surface area contributed by atoms with Crippen LogP contribution in [0, 0.1) is 0 Å². The predicted molar refractivity (Wildman–Crippen MR) is 50.3 cm³/mol. The Morgan fingerprint density at radius 1 is 1.27 bits per heavy atom. The van der Waals surface area contributed by atoms with Gasteiger partial charge >= 0.3 is 0 Å². The third kappa shape index (κ3) is 2.08. The second-order valence-corrected chi connectivity index (χ2v) is 2.39. The Labute approximate surface area is 67.9 Å². The SMILES string of the molecule is C=C(/C=C\C)c1ccccc1. The zero-order chi connectivity index (χ0) is 8.10. The van der Waals surface area contributed by atoms with Gasteiger partial charge in [-0.2, -0.15) is 0 Å². The summed E-state index contributed by atoms with van der Waals surface area (Å²) in [6.45, 7) is 5.92. The van der Waals surface area contributed by atoms with E-state index >= 15 is 0 Å². The molecule has 0 fully saturated rings. The molecule has 0 saturated heterocycles. The highest BCUT2D eigenvalue weighted by Crippen LogP contribution is 2.11. The minimum absolute atomic E-state index is 1.06. The molecule has 1 aromatic carbocycles. The zero-order valence-electron chi connectivity index (χ0n) is 6.75. The van der Waals surface area contributed by atoms with Gasteiger partial charge in [-0.15, -0.1) is 0 Å². The molecule has 0 heteroatoms. The number of hydrogen-bond donors (Lipinski definition) is 0. The minimum atomic E-state index is 1.06. The highest BCUT2D eigenvalue weighted by Gasteiger charge is 1.89. The van der Waals surface area contributed by atoms with Crippen molar-refractivity contribution in [3.63, 3.8) is 0 Å². The molecule has 0 unspecified atom stereocenters. The summed E-state index contributed by atoms with van der Waals surface area (Å²) >= 11 is 0. The van der Waals surface area contributed by atoms with Gasteiger partial charge in [-0.1, -0.05) is 49.1 Å². The van der Waals surface area contributed by atoms with Gasteiger partial charge in [0, 0.05) is 0 Å². The summed E-state index contributed by atoms with van der Waals surface area (Å²) in [6.07, 6.45) is 4.00. The molecular weight excluding hydrogens is 132 g/mol. The van der Waals surface area contributed by atoms with Crippen molar-refractivity contribution in [1.82, 2.24) is 0 Å². The smallest absolute Gasteiger partial charge is 0.0190 e. The molecule has 1 rings (SSSR count). The summed E-state index contributed by atoms with van der Waals surface area (Å²) in [4.78, 5) is 0. The van der Waals surface area contributed by atoms with Crippen LogP contribution in [0.2, 0.25) is 0 Å². The Morgan fingerprint density at radius 2 is 1.91 bits per heavy atom. The summed E-state index contributed by atoms with van der Waals surface area (Å²) in [5.41, 5.74) is 2.25. The van der Waals surface area contributed by atoms with Gasteiger partial charge in [0.25, 0.3) is 0 Å². The largest absolute Gasteiger partial charge is 0.0912 e. The third-order valence-electron chi connectivity index (χ3n) is 1.51. The Morgan fingerprint density at radius 3 is 2.45 bits per heavy atom. The van der Waals surface area contributed by atoms with E-state index in [-0.39, 0.29) is 0 Å². The first-order valence-corrected chi connectivity index (χ1v) is 3.71. The average Bonchev–Trinajstić information content (AvgIpc) is 2.07. The maximum absolute atomic E-state index is 3.93. The van der Waals surface area contributed by atoms with Crippen molar-refractivity contribution in [2.45, 2.75) is 6.92 Å². The standard InChI is InChI=1S/C11H12/c1-3-7-10(2)11-8-5-4-6-9-11/h3-9H,2H2,1H3/b7-3-. The molecule has 0 nitrogen and oxygen atoms in total. The average molecular weight is 144 g/mol. The molecule has 0 bridgehead atoms. The van der Waals surface area contributed by atoms with E-state index in [4.69, 9.17) is 0 Å². The molecule has 0 atom stereocenters. The van der Waals surface area contributed by atoms with E-state index in [1.54, 1.807) is 0 Å². The van der Waals surface area contributed by atoms with Crippen LogP contribution in [0.25, 0.3) is 5.57 Å². The Bertz CT molecular complexity index is 255. The van der Waals surface area contributed by atoms with Gasteiger partial charge in [-0.05, 0) is 18.1 Å². The van der Waals surface area contributed by atoms with Crippen LogP contribution in [-0.4, -0.2) is 0 Å². The van der Waals surface area contributed by atoms with Crippen LogP contribution in [0.15, 0.2) is 49.1 Å². The minimum Gasteiger partial charge on any atom is -0.0912 e. The van der Waals surface area contributed by atoms with E-state index < -0.39 is 0 Å². The van der Waals surface area contributed by atoms with Crippen molar-refractivity contribution in [3.05, 3.63) is 54.6 Å². The molecule has 11 heavy (non-hydrogen) atoms. The van der Waals surface area contributed by atoms with Crippen molar-refractivity contribution in [2.75, 3.05) is 0 Å². The molecule has 0 spiro atoms. The van der Waals surface area contributed by atoms with Crippen molar-refractivity contribution in [3.8, 4) is 0 Å². The van der Waals surface area contributed by atoms with Gasteiger partial charge in [-0.25, -0.2) is 0 Å². The van der Waals surface area contributed by atoms with E-state index in [1.165, 1.54) is 5.56 Å². The molecule has 0 N–H and O–H groups in total. The van der Waals surface area contributed by atoms with Gasteiger partial charge in [-0.3, -0.25) is 0 Å². The fourth-order valence-corrected chi connectivity index (χ4v) is 0.950. The fraction of sp³-hybridized carbons (Fsp3) is 0.0909. The second-order valence-electron chi connectivity index (χ2n) is 2.39. The number of hydrogen-bond acceptors (Lipinski definition) is 0. The summed E-state index contributed by atoms with van der Waals surface area (Å²) in [5.74, 6) is 0. The maximum Gasteiger partial charge on any atom is -0.0190 e. The van der Waals surface area contributed by atoms with Gasteiger partial charge < -0.3 is 0 Å². The first-order valence-electron chi connectivity index (χ1n) is 3.71. The Balaban J connectivity index is 2.86. The number of rotatable bonds is 2. The van der Waals surface area contributed by atoms with E-state index in [0.717, 1.165) is 5.57 Å². The summed E-state index contributed by atoms with van der Waals surface area (Å²) < 4.78 is 0. The van der Waals surface area contributed by atoms with Crippen LogP contribution in [0.5, 0.6) is 0 Å².